The molecule has 28 heavy (non-hydrogen) atoms. The molecule has 2 aromatic carbocycles. The summed E-state index contributed by atoms with van der Waals surface area (Å²) in [6.45, 7) is 10.2. The van der Waals surface area contributed by atoms with Crippen LogP contribution in [0.3, 0.4) is 0 Å². The first kappa shape index (κ1) is 19.3. The van der Waals surface area contributed by atoms with Crippen LogP contribution in [0.25, 0.3) is 0 Å². The summed E-state index contributed by atoms with van der Waals surface area (Å²) in [5.74, 6) is 0. The van der Waals surface area contributed by atoms with Crippen LogP contribution in [0.2, 0.25) is 0 Å². The Balaban J connectivity index is 1.38. The van der Waals surface area contributed by atoms with Crippen molar-refractivity contribution in [3.8, 4) is 0 Å². The summed E-state index contributed by atoms with van der Waals surface area (Å²) in [5, 5.41) is 0. The number of benzene rings is 2. The lowest BCUT2D eigenvalue weighted by Crippen LogP contribution is -2.49. The molecule has 0 saturated carbocycles. The van der Waals surface area contributed by atoms with Crippen LogP contribution < -0.4 is 9.80 Å². The summed E-state index contributed by atoms with van der Waals surface area (Å²) in [6.07, 6.45) is 2.56. The van der Waals surface area contributed by atoms with Crippen molar-refractivity contribution in [1.82, 2.24) is 0 Å². The quantitative estimate of drug-likeness (QED) is 0.580. The van der Waals surface area contributed by atoms with Crippen molar-refractivity contribution in [2.75, 3.05) is 49.3 Å². The summed E-state index contributed by atoms with van der Waals surface area (Å²) in [5.41, 5.74) is 5.31. The van der Waals surface area contributed by atoms with Crippen LogP contribution >= 0.6 is 0 Å². The number of anilines is 2. The molecular formula is C24H32N2O2. The lowest BCUT2D eigenvalue weighted by molar-refractivity contribution is 0.00848. The summed E-state index contributed by atoms with van der Waals surface area (Å²) in [4.78, 5) is 4.88. The predicted octanol–water partition coefficient (Wildman–Crippen LogP) is 4.12. The van der Waals surface area contributed by atoms with Crippen molar-refractivity contribution in [3.63, 3.8) is 0 Å². The molecule has 0 aliphatic carbocycles. The molecule has 0 bridgehead atoms. The van der Waals surface area contributed by atoms with Crippen LogP contribution in [0.4, 0.5) is 11.4 Å². The number of epoxide rings is 1. The maximum atomic E-state index is 5.42. The Kier molecular flexibility index (Phi) is 6.18. The Morgan fingerprint density at radius 3 is 1.93 bits per heavy atom. The first-order valence-electron chi connectivity index (χ1n) is 10.7. The monoisotopic (exact) mass is 380 g/mol. The lowest BCUT2D eigenvalue weighted by Gasteiger charge is -2.38. The average molecular weight is 381 g/mol. The van der Waals surface area contributed by atoms with E-state index in [0.717, 1.165) is 52.3 Å². The molecule has 0 aromatic heterocycles. The van der Waals surface area contributed by atoms with Gasteiger partial charge in [0.15, 0.2) is 0 Å². The van der Waals surface area contributed by atoms with E-state index in [-0.39, 0.29) is 0 Å². The molecule has 2 aromatic rings. The van der Waals surface area contributed by atoms with Crippen LogP contribution in [0.15, 0.2) is 48.5 Å². The van der Waals surface area contributed by atoms with E-state index < -0.39 is 0 Å². The SMILES string of the molecule is CCCN(CC1CO1)c1ccc(Cc2ccc(N(CC)C3COC3)cc2)cc1. The van der Waals surface area contributed by atoms with Crippen LogP contribution in [-0.4, -0.2) is 51.6 Å². The zero-order valence-corrected chi connectivity index (χ0v) is 17.1. The first-order chi connectivity index (χ1) is 13.8. The summed E-state index contributed by atoms with van der Waals surface area (Å²) >= 11 is 0. The molecular weight excluding hydrogens is 348 g/mol. The molecule has 2 aliphatic rings. The van der Waals surface area contributed by atoms with Crippen molar-refractivity contribution in [2.24, 2.45) is 0 Å². The van der Waals surface area contributed by atoms with Crippen LogP contribution in [-0.2, 0) is 15.9 Å². The van der Waals surface area contributed by atoms with Gasteiger partial charge < -0.3 is 19.3 Å². The van der Waals surface area contributed by atoms with E-state index in [2.05, 4.69) is 72.2 Å². The average Bonchev–Trinajstić information content (AvgIpc) is 3.50. The Morgan fingerprint density at radius 2 is 1.46 bits per heavy atom. The molecule has 4 nitrogen and oxygen atoms in total. The highest BCUT2D eigenvalue weighted by atomic mass is 16.6. The van der Waals surface area contributed by atoms with E-state index in [1.165, 1.54) is 22.5 Å². The standard InChI is InChI=1S/C24H32N2O2/c1-3-13-25(15-24-18-28-24)21-9-5-19(6-10-21)14-20-7-11-22(12-8-20)26(4-2)23-16-27-17-23/h5-12,23-24H,3-4,13-18H2,1-2H3. The van der Waals surface area contributed by atoms with Crippen LogP contribution in [0.1, 0.15) is 31.4 Å². The van der Waals surface area contributed by atoms with Gasteiger partial charge in [-0.3, -0.25) is 0 Å². The van der Waals surface area contributed by atoms with Gasteiger partial charge in [0.25, 0.3) is 0 Å². The zero-order valence-electron chi connectivity index (χ0n) is 17.1. The van der Waals surface area contributed by atoms with Crippen molar-refractivity contribution >= 4 is 11.4 Å². The van der Waals surface area contributed by atoms with Gasteiger partial charge in [-0.25, -0.2) is 0 Å². The molecule has 0 amide bonds. The number of rotatable bonds is 10. The number of nitrogens with zero attached hydrogens (tertiary/aromatic N) is 2. The zero-order chi connectivity index (χ0) is 19.3. The molecule has 2 fully saturated rings. The molecule has 150 valence electrons. The van der Waals surface area contributed by atoms with E-state index in [9.17, 15) is 0 Å². The largest absolute Gasteiger partial charge is 0.377 e. The number of likely N-dealkylation sites (N-methyl/N-ethyl adjacent to an activating group) is 1. The maximum absolute atomic E-state index is 5.42. The molecule has 0 radical (unpaired) electrons. The molecule has 0 N–H and O–H groups in total. The Morgan fingerprint density at radius 1 is 0.857 bits per heavy atom. The fourth-order valence-electron chi connectivity index (χ4n) is 3.94. The number of hydrogen-bond donors (Lipinski definition) is 0. The Bertz CT molecular complexity index is 736. The van der Waals surface area contributed by atoms with Gasteiger partial charge in [-0.05, 0) is 55.2 Å². The highest BCUT2D eigenvalue weighted by Gasteiger charge is 2.26. The van der Waals surface area contributed by atoms with Gasteiger partial charge in [0.2, 0.25) is 0 Å². The maximum Gasteiger partial charge on any atom is 0.0984 e. The smallest absolute Gasteiger partial charge is 0.0984 e. The minimum Gasteiger partial charge on any atom is -0.377 e. The summed E-state index contributed by atoms with van der Waals surface area (Å²) in [7, 11) is 0. The second-order valence-corrected chi connectivity index (χ2v) is 7.89. The van der Waals surface area contributed by atoms with Crippen LogP contribution in [0, 0.1) is 0 Å². The van der Waals surface area contributed by atoms with Gasteiger partial charge in [-0.2, -0.15) is 0 Å². The third-order valence-electron chi connectivity index (χ3n) is 5.70. The minimum absolute atomic E-state index is 0.430. The van der Waals surface area contributed by atoms with Crippen LogP contribution in [0.5, 0.6) is 0 Å². The molecule has 2 heterocycles. The van der Waals surface area contributed by atoms with E-state index in [1.807, 2.05) is 0 Å². The Labute approximate surface area is 169 Å². The number of ether oxygens (including phenoxy) is 2. The van der Waals surface area contributed by atoms with Gasteiger partial charge in [0, 0.05) is 31.0 Å². The van der Waals surface area contributed by atoms with Gasteiger partial charge in [-0.1, -0.05) is 31.2 Å². The second-order valence-electron chi connectivity index (χ2n) is 7.89. The van der Waals surface area contributed by atoms with E-state index in [4.69, 9.17) is 9.47 Å². The van der Waals surface area contributed by atoms with Crippen molar-refractivity contribution in [2.45, 2.75) is 38.8 Å². The van der Waals surface area contributed by atoms with Gasteiger partial charge in [0.05, 0.1) is 32.0 Å². The molecule has 1 unspecified atom stereocenters. The molecule has 4 heteroatoms. The highest BCUT2D eigenvalue weighted by Crippen LogP contribution is 2.24. The fraction of sp³-hybridized carbons (Fsp3) is 0.500. The van der Waals surface area contributed by atoms with Gasteiger partial charge in [-0.15, -0.1) is 0 Å². The highest BCUT2D eigenvalue weighted by molar-refractivity contribution is 5.51. The minimum atomic E-state index is 0.430. The first-order valence-corrected chi connectivity index (χ1v) is 10.7. The molecule has 4 rings (SSSR count). The molecule has 0 spiro atoms. The van der Waals surface area contributed by atoms with Gasteiger partial charge >= 0.3 is 0 Å². The van der Waals surface area contributed by atoms with Crippen molar-refractivity contribution in [1.29, 1.82) is 0 Å². The van der Waals surface area contributed by atoms with Crippen molar-refractivity contribution < 1.29 is 9.47 Å². The summed E-state index contributed by atoms with van der Waals surface area (Å²) < 4.78 is 10.8. The summed E-state index contributed by atoms with van der Waals surface area (Å²) in [6, 6.07) is 18.6. The fourth-order valence-corrected chi connectivity index (χ4v) is 3.94. The third-order valence-corrected chi connectivity index (χ3v) is 5.70. The third kappa shape index (κ3) is 4.68. The number of hydrogen-bond acceptors (Lipinski definition) is 4. The van der Waals surface area contributed by atoms with E-state index >= 15 is 0 Å². The van der Waals surface area contributed by atoms with E-state index in [0.29, 0.717) is 12.1 Å². The predicted molar refractivity (Wildman–Crippen MR) is 116 cm³/mol. The molecule has 1 atom stereocenters. The Hall–Kier alpha value is -2.04. The topological polar surface area (TPSA) is 28.2 Å². The lowest BCUT2D eigenvalue weighted by atomic mass is 10.0. The van der Waals surface area contributed by atoms with Crippen molar-refractivity contribution in [3.05, 3.63) is 59.7 Å². The molecule has 2 aliphatic heterocycles. The normalized spacial score (nSPS) is 18.6. The van der Waals surface area contributed by atoms with Gasteiger partial charge in [0.1, 0.15) is 0 Å². The molecule has 2 saturated heterocycles. The second kappa shape index (κ2) is 8.97. The van der Waals surface area contributed by atoms with E-state index in [1.54, 1.807) is 0 Å².